The molecule has 0 bridgehead atoms. The van der Waals surface area contributed by atoms with Crippen molar-refractivity contribution in [1.82, 2.24) is 10.6 Å². The first kappa shape index (κ1) is 45.8. The number of nitro groups is 1. The van der Waals surface area contributed by atoms with Gasteiger partial charge in [0.2, 0.25) is 11.8 Å². The minimum absolute atomic E-state index is 0.0263. The summed E-state index contributed by atoms with van der Waals surface area (Å²) in [7, 11) is 0. The van der Waals surface area contributed by atoms with E-state index in [-0.39, 0.29) is 30.5 Å². The van der Waals surface area contributed by atoms with Gasteiger partial charge in [-0.3, -0.25) is 38.9 Å². The lowest BCUT2D eigenvalue weighted by atomic mass is 10.1. The molecule has 0 radical (unpaired) electrons. The second kappa shape index (κ2) is 24.9. The van der Waals surface area contributed by atoms with Gasteiger partial charge in [0.1, 0.15) is 18.1 Å². The van der Waals surface area contributed by atoms with Gasteiger partial charge in [0.05, 0.1) is 17.4 Å². The van der Waals surface area contributed by atoms with Gasteiger partial charge in [0.25, 0.3) is 5.69 Å². The quantitative estimate of drug-likeness (QED) is 0.0840. The van der Waals surface area contributed by atoms with Crippen molar-refractivity contribution in [3.8, 4) is 0 Å². The lowest BCUT2D eigenvalue weighted by Crippen LogP contribution is -2.38. The van der Waals surface area contributed by atoms with E-state index in [9.17, 15) is 38.9 Å². The molecule has 1 fully saturated rings. The van der Waals surface area contributed by atoms with E-state index in [2.05, 4.69) is 16.0 Å². The van der Waals surface area contributed by atoms with Crippen molar-refractivity contribution in [3.63, 3.8) is 0 Å². The average molecular weight is 755 g/mol. The fraction of sp³-hybridized carbons (Fsp3) is 0.333. The Morgan fingerprint density at radius 3 is 1.70 bits per heavy atom. The van der Waals surface area contributed by atoms with E-state index in [1.165, 1.54) is 31.2 Å². The van der Waals surface area contributed by atoms with Crippen molar-refractivity contribution in [2.75, 3.05) is 11.9 Å². The summed E-state index contributed by atoms with van der Waals surface area (Å²) in [6.07, 6.45) is 2.10. The Morgan fingerprint density at radius 2 is 1.31 bits per heavy atom. The number of aliphatic carboxylic acids is 4. The first-order valence-corrected chi connectivity index (χ1v) is 16.6. The second-order valence-electron chi connectivity index (χ2n) is 11.7. The number of amides is 2. The van der Waals surface area contributed by atoms with Crippen LogP contribution in [0.5, 0.6) is 0 Å². The molecule has 0 unspecified atom stereocenters. The van der Waals surface area contributed by atoms with Crippen molar-refractivity contribution < 1.29 is 54.1 Å². The van der Waals surface area contributed by atoms with Crippen LogP contribution in [0, 0.1) is 10.1 Å². The van der Waals surface area contributed by atoms with Crippen LogP contribution in [-0.2, 0) is 41.6 Å². The number of nitro benzene ring substituents is 1. The van der Waals surface area contributed by atoms with Crippen molar-refractivity contribution in [3.05, 3.63) is 106 Å². The Bertz CT molecular complexity index is 1650. The fourth-order valence-corrected chi connectivity index (χ4v) is 4.31. The molecule has 11 N–H and O–H groups in total. The summed E-state index contributed by atoms with van der Waals surface area (Å²) < 4.78 is 0. The molecule has 1 aliphatic heterocycles. The van der Waals surface area contributed by atoms with Crippen LogP contribution < -0.4 is 27.4 Å². The molecule has 292 valence electrons. The Labute approximate surface area is 310 Å². The predicted octanol–water partition coefficient (Wildman–Crippen LogP) is 2.01. The summed E-state index contributed by atoms with van der Waals surface area (Å²) in [5, 5.41) is 51.6. The third-order valence-corrected chi connectivity index (χ3v) is 7.27. The first-order chi connectivity index (χ1) is 25.5. The molecule has 1 heterocycles. The van der Waals surface area contributed by atoms with Gasteiger partial charge in [-0.1, -0.05) is 60.7 Å². The highest BCUT2D eigenvalue weighted by Crippen LogP contribution is 2.16. The number of nitrogens with zero attached hydrogens (tertiary/aromatic N) is 1. The van der Waals surface area contributed by atoms with Crippen molar-refractivity contribution in [2.45, 2.75) is 69.6 Å². The Hall–Kier alpha value is -6.24. The molecule has 1 aliphatic rings. The summed E-state index contributed by atoms with van der Waals surface area (Å²) in [6, 6.07) is 21.7. The molecular weight excluding hydrogens is 708 g/mol. The van der Waals surface area contributed by atoms with Crippen LogP contribution >= 0.6 is 0 Å². The third kappa shape index (κ3) is 20.0. The minimum atomic E-state index is -1.15. The van der Waals surface area contributed by atoms with E-state index in [4.69, 9.17) is 31.9 Å². The number of non-ortho nitro benzene ring substituents is 1. The molecule has 54 heavy (non-hydrogen) atoms. The van der Waals surface area contributed by atoms with Gasteiger partial charge in [-0.2, -0.15) is 0 Å². The lowest BCUT2D eigenvalue weighted by Gasteiger charge is -2.12. The molecule has 2 amide bonds. The summed E-state index contributed by atoms with van der Waals surface area (Å²) in [6.45, 7) is 2.16. The Balaban J connectivity index is 0.000000383. The molecular formula is C36H46N6O12. The summed E-state index contributed by atoms with van der Waals surface area (Å²) >= 11 is 0. The Kier molecular flexibility index (Phi) is 21.1. The number of carboxylic acids is 4. The summed E-state index contributed by atoms with van der Waals surface area (Å²) in [5.41, 5.74) is 13.6. The number of hydrogen-bond acceptors (Lipinski definition) is 11. The maximum absolute atomic E-state index is 12.0. The Morgan fingerprint density at radius 1 is 0.796 bits per heavy atom. The van der Waals surface area contributed by atoms with Crippen LogP contribution in [-0.4, -0.2) is 91.8 Å². The van der Waals surface area contributed by atoms with Gasteiger partial charge >= 0.3 is 23.9 Å². The SMILES string of the molecule is C[C@H](NC(=O)CCC(=O)O)C(=O)O.N[C@@H](Cc1ccccc1)C(=O)Nc1ccc([N+](=O)[O-])cc1.N[C@@H](Cc1ccccc1)C(=O)O.O=C(O)[C@@H]1CCCN1. The summed E-state index contributed by atoms with van der Waals surface area (Å²) in [5.74, 6) is -4.81. The number of carbonyl (C=O) groups excluding carboxylic acids is 2. The lowest BCUT2D eigenvalue weighted by molar-refractivity contribution is -0.384. The minimum Gasteiger partial charge on any atom is -0.481 e. The molecule has 3 aromatic carbocycles. The van der Waals surface area contributed by atoms with Crippen LogP contribution in [0.1, 0.15) is 43.7 Å². The predicted molar refractivity (Wildman–Crippen MR) is 196 cm³/mol. The van der Waals surface area contributed by atoms with Crippen LogP contribution in [0.15, 0.2) is 84.9 Å². The maximum Gasteiger partial charge on any atom is 0.325 e. The van der Waals surface area contributed by atoms with E-state index < -0.39 is 52.8 Å². The molecule has 4 rings (SSSR count). The number of carbonyl (C=O) groups is 6. The first-order valence-electron chi connectivity index (χ1n) is 16.6. The highest BCUT2D eigenvalue weighted by atomic mass is 16.6. The number of nitrogens with one attached hydrogen (secondary N) is 3. The van der Waals surface area contributed by atoms with Gasteiger partial charge < -0.3 is 47.8 Å². The number of rotatable bonds is 14. The highest BCUT2D eigenvalue weighted by molar-refractivity contribution is 5.95. The van der Waals surface area contributed by atoms with Crippen LogP contribution in [0.4, 0.5) is 11.4 Å². The van der Waals surface area contributed by atoms with E-state index >= 15 is 0 Å². The molecule has 3 aromatic rings. The van der Waals surface area contributed by atoms with Gasteiger partial charge in [-0.15, -0.1) is 0 Å². The van der Waals surface area contributed by atoms with E-state index in [0.717, 1.165) is 30.5 Å². The smallest absolute Gasteiger partial charge is 0.325 e. The monoisotopic (exact) mass is 754 g/mol. The van der Waals surface area contributed by atoms with Crippen LogP contribution in [0.25, 0.3) is 0 Å². The number of nitrogens with two attached hydrogens (primary N) is 2. The standard InChI is InChI=1S/C15H15N3O3.C9H11NO2.C7H11NO5.C5H9NO2/c16-14(10-11-4-2-1-3-5-11)15(19)17-12-6-8-13(9-7-12)18(20)21;10-8(9(11)12)6-7-4-2-1-3-5-7;1-4(7(12)13)8-5(9)2-3-6(10)11;7-5(8)4-2-1-3-6-4/h1-9,14H,10,16H2,(H,17,19);1-5,8H,6,10H2,(H,11,12);4H,2-3H2,1H3,(H,8,9)(H,10,11)(H,12,13);4,6H,1-3H2,(H,7,8)/t14-;8-;2*4-/m0000/s1. The summed E-state index contributed by atoms with van der Waals surface area (Å²) in [4.78, 5) is 73.6. The van der Waals surface area contributed by atoms with Gasteiger partial charge in [0, 0.05) is 24.2 Å². The number of benzene rings is 3. The maximum atomic E-state index is 12.0. The zero-order valence-corrected chi connectivity index (χ0v) is 29.5. The van der Waals surface area contributed by atoms with Crippen molar-refractivity contribution in [1.29, 1.82) is 0 Å². The number of anilines is 1. The number of carboxylic acid groups (broad SMARTS) is 4. The molecule has 0 spiro atoms. The molecule has 0 aromatic heterocycles. The van der Waals surface area contributed by atoms with Crippen molar-refractivity contribution in [2.24, 2.45) is 11.5 Å². The molecule has 0 aliphatic carbocycles. The van der Waals surface area contributed by atoms with E-state index in [1.807, 2.05) is 60.7 Å². The second-order valence-corrected chi connectivity index (χ2v) is 11.7. The molecule has 0 saturated carbocycles. The molecule has 18 heteroatoms. The van der Waals surface area contributed by atoms with Gasteiger partial charge in [0.15, 0.2) is 0 Å². The van der Waals surface area contributed by atoms with E-state index in [0.29, 0.717) is 18.5 Å². The number of hydrogen-bond donors (Lipinski definition) is 9. The third-order valence-electron chi connectivity index (χ3n) is 7.27. The van der Waals surface area contributed by atoms with Crippen LogP contribution in [0.2, 0.25) is 0 Å². The molecule has 1 saturated heterocycles. The normalized spacial score (nSPS) is 14.3. The van der Waals surface area contributed by atoms with Crippen LogP contribution in [0.3, 0.4) is 0 Å². The largest absolute Gasteiger partial charge is 0.481 e. The zero-order valence-electron chi connectivity index (χ0n) is 29.5. The van der Waals surface area contributed by atoms with Gasteiger partial charge in [-0.05, 0) is 62.4 Å². The topological polar surface area (TPSA) is 315 Å². The zero-order chi connectivity index (χ0) is 40.6. The molecule has 18 nitrogen and oxygen atoms in total. The fourth-order valence-electron chi connectivity index (χ4n) is 4.31. The molecule has 4 atom stereocenters. The van der Waals surface area contributed by atoms with Gasteiger partial charge in [-0.25, -0.2) is 0 Å². The van der Waals surface area contributed by atoms with Crippen molar-refractivity contribution >= 4 is 47.1 Å². The highest BCUT2D eigenvalue weighted by Gasteiger charge is 2.20. The van der Waals surface area contributed by atoms with E-state index in [1.54, 1.807) is 0 Å². The average Bonchev–Trinajstić information content (AvgIpc) is 3.69.